The van der Waals surface area contributed by atoms with E-state index >= 15 is 0 Å². The second-order valence-electron chi connectivity index (χ2n) is 8.16. The van der Waals surface area contributed by atoms with Crippen LogP contribution >= 0.6 is 0 Å². The van der Waals surface area contributed by atoms with Gasteiger partial charge in [-0.2, -0.15) is 0 Å². The highest BCUT2D eigenvalue weighted by molar-refractivity contribution is 5.86. The largest absolute Gasteiger partial charge is 0.465 e. The lowest BCUT2D eigenvalue weighted by molar-refractivity contribution is -0.147. The van der Waals surface area contributed by atoms with Crippen molar-refractivity contribution >= 4 is 18.2 Å². The van der Waals surface area contributed by atoms with Crippen molar-refractivity contribution in [3.05, 3.63) is 35.9 Å². The summed E-state index contributed by atoms with van der Waals surface area (Å²) in [5.41, 5.74) is 1.14. The van der Waals surface area contributed by atoms with E-state index in [0.29, 0.717) is 25.4 Å². The van der Waals surface area contributed by atoms with Gasteiger partial charge in [0.15, 0.2) is 0 Å². The van der Waals surface area contributed by atoms with Gasteiger partial charge in [-0.1, -0.05) is 36.8 Å². The summed E-state index contributed by atoms with van der Waals surface area (Å²) in [6.45, 7) is 3.86. The number of hydrogen-bond acceptors (Lipinski definition) is 5. The molecule has 1 amide bonds. The third kappa shape index (κ3) is 5.04. The van der Waals surface area contributed by atoms with Crippen molar-refractivity contribution in [1.29, 1.82) is 0 Å². The molecule has 1 N–H and O–H groups in total. The molecule has 2 fully saturated rings. The van der Waals surface area contributed by atoms with Crippen molar-refractivity contribution in [3.8, 4) is 0 Å². The van der Waals surface area contributed by atoms with Crippen LogP contribution in [-0.4, -0.2) is 53.8 Å². The number of likely N-dealkylation sites (tertiary alicyclic amines) is 1. The summed E-state index contributed by atoms with van der Waals surface area (Å²) in [6, 6.07) is 8.65. The maximum Gasteiger partial charge on any atom is 0.323 e. The maximum absolute atomic E-state index is 13.2. The Morgan fingerprint density at radius 3 is 2.72 bits per heavy atom. The average Bonchev–Trinajstić information content (AvgIpc) is 3.32. The molecule has 1 aliphatic heterocycles. The van der Waals surface area contributed by atoms with Gasteiger partial charge < -0.3 is 14.4 Å². The Morgan fingerprint density at radius 1 is 1.28 bits per heavy atom. The molecule has 6 heteroatoms. The van der Waals surface area contributed by atoms with Crippen LogP contribution in [0, 0.1) is 5.92 Å². The predicted molar refractivity (Wildman–Crippen MR) is 110 cm³/mol. The van der Waals surface area contributed by atoms with Crippen LogP contribution in [0.5, 0.6) is 0 Å². The molecular weight excluding hydrogens is 368 g/mol. The Kier molecular flexibility index (Phi) is 7.42. The van der Waals surface area contributed by atoms with E-state index in [0.717, 1.165) is 37.5 Å². The van der Waals surface area contributed by atoms with E-state index in [1.807, 2.05) is 30.3 Å². The number of fused-ring (bicyclic) bond motifs is 1. The highest BCUT2D eigenvalue weighted by atomic mass is 16.5. The standard InChI is InChI=1S/C23H32N2O4/c1-3-29-23(28)20(13-12-17-8-5-4-6-9-17)24-16(2)22(27)25-19(15-26)14-18-10-7-11-21(18)25/h4-6,8-9,15-16,18-21,24H,3,7,10-14H2,1-2H3/t16-,18?,19?,20-,21?/m1/s1. The molecule has 3 unspecified atom stereocenters. The van der Waals surface area contributed by atoms with Crippen LogP contribution in [0.25, 0.3) is 0 Å². The number of carbonyl (C=O) groups is 3. The fraction of sp³-hybridized carbons (Fsp3) is 0.609. The first-order valence-corrected chi connectivity index (χ1v) is 10.8. The van der Waals surface area contributed by atoms with Gasteiger partial charge in [-0.3, -0.25) is 14.9 Å². The zero-order valence-corrected chi connectivity index (χ0v) is 17.4. The molecule has 2 aliphatic rings. The monoisotopic (exact) mass is 400 g/mol. The van der Waals surface area contributed by atoms with Gasteiger partial charge in [0.2, 0.25) is 5.91 Å². The third-order valence-corrected chi connectivity index (χ3v) is 6.25. The molecule has 1 aromatic carbocycles. The molecule has 0 aromatic heterocycles. The summed E-state index contributed by atoms with van der Waals surface area (Å²) < 4.78 is 5.23. The molecular formula is C23H32N2O4. The minimum atomic E-state index is -0.564. The zero-order valence-electron chi connectivity index (χ0n) is 17.4. The minimum absolute atomic E-state index is 0.0921. The second kappa shape index (κ2) is 10.0. The highest BCUT2D eigenvalue weighted by Gasteiger charge is 2.46. The van der Waals surface area contributed by atoms with Crippen LogP contribution < -0.4 is 5.32 Å². The second-order valence-corrected chi connectivity index (χ2v) is 8.16. The normalized spacial score (nSPS) is 25.3. The number of nitrogens with one attached hydrogen (secondary N) is 1. The number of carbonyl (C=O) groups excluding carboxylic acids is 3. The Hall–Kier alpha value is -2.21. The SMILES string of the molecule is CCOC(=O)[C@@H](CCc1ccccc1)N[C@H](C)C(=O)N1C(C=O)CC2CCCC21. The molecule has 1 heterocycles. The maximum atomic E-state index is 13.2. The lowest BCUT2D eigenvalue weighted by atomic mass is 10.0. The van der Waals surface area contributed by atoms with Crippen LogP contribution in [0.2, 0.25) is 0 Å². The first kappa shape index (κ1) is 21.5. The molecule has 0 spiro atoms. The summed E-state index contributed by atoms with van der Waals surface area (Å²) in [6.07, 6.45) is 6.08. The fourth-order valence-corrected chi connectivity index (χ4v) is 4.84. The van der Waals surface area contributed by atoms with Crippen LogP contribution in [0.15, 0.2) is 30.3 Å². The van der Waals surface area contributed by atoms with Gasteiger partial charge in [-0.05, 0) is 57.4 Å². The first-order valence-electron chi connectivity index (χ1n) is 10.8. The van der Waals surface area contributed by atoms with E-state index in [1.165, 1.54) is 0 Å². The summed E-state index contributed by atoms with van der Waals surface area (Å²) >= 11 is 0. The number of benzene rings is 1. The van der Waals surface area contributed by atoms with Gasteiger partial charge in [0, 0.05) is 6.04 Å². The highest BCUT2D eigenvalue weighted by Crippen LogP contribution is 2.40. The average molecular weight is 401 g/mol. The quantitative estimate of drug-likeness (QED) is 0.509. The lowest BCUT2D eigenvalue weighted by Gasteiger charge is -2.31. The predicted octanol–water partition coefficient (Wildman–Crippen LogP) is 2.50. The van der Waals surface area contributed by atoms with E-state index in [4.69, 9.17) is 4.74 Å². The van der Waals surface area contributed by atoms with E-state index < -0.39 is 12.1 Å². The molecule has 5 atom stereocenters. The third-order valence-electron chi connectivity index (χ3n) is 6.25. The van der Waals surface area contributed by atoms with Crippen LogP contribution in [0.3, 0.4) is 0 Å². The summed E-state index contributed by atoms with van der Waals surface area (Å²) in [4.78, 5) is 39.0. The van der Waals surface area contributed by atoms with Gasteiger partial charge in [0.25, 0.3) is 0 Å². The summed E-state index contributed by atoms with van der Waals surface area (Å²) in [5, 5.41) is 3.19. The zero-order chi connectivity index (χ0) is 20.8. The Balaban J connectivity index is 1.66. The van der Waals surface area contributed by atoms with E-state index in [9.17, 15) is 14.4 Å². The molecule has 1 saturated heterocycles. The molecule has 1 saturated carbocycles. The van der Waals surface area contributed by atoms with E-state index in [-0.39, 0.29) is 24.0 Å². The number of hydrogen-bond donors (Lipinski definition) is 1. The van der Waals surface area contributed by atoms with Gasteiger partial charge >= 0.3 is 5.97 Å². The van der Waals surface area contributed by atoms with Crippen LogP contribution in [-0.2, 0) is 25.5 Å². The van der Waals surface area contributed by atoms with E-state index in [1.54, 1.807) is 18.7 Å². The molecule has 158 valence electrons. The van der Waals surface area contributed by atoms with Gasteiger partial charge in [0.05, 0.1) is 18.7 Å². The number of aryl methyl sites for hydroxylation is 1. The van der Waals surface area contributed by atoms with Crippen molar-refractivity contribution in [2.24, 2.45) is 5.92 Å². The fourth-order valence-electron chi connectivity index (χ4n) is 4.84. The van der Waals surface area contributed by atoms with Crippen molar-refractivity contribution < 1.29 is 19.1 Å². The van der Waals surface area contributed by atoms with Gasteiger partial charge in [-0.25, -0.2) is 0 Å². The Bertz CT molecular complexity index is 708. The van der Waals surface area contributed by atoms with Crippen LogP contribution in [0.1, 0.15) is 51.5 Å². The number of aldehydes is 1. The number of ether oxygens (including phenoxy) is 1. The van der Waals surface area contributed by atoms with Crippen LogP contribution in [0.4, 0.5) is 0 Å². The van der Waals surface area contributed by atoms with Crippen molar-refractivity contribution in [1.82, 2.24) is 10.2 Å². The lowest BCUT2D eigenvalue weighted by Crippen LogP contribution is -2.54. The molecule has 3 rings (SSSR count). The summed E-state index contributed by atoms with van der Waals surface area (Å²) in [5.74, 6) is 0.000905. The van der Waals surface area contributed by atoms with Crippen molar-refractivity contribution in [2.45, 2.75) is 76.5 Å². The smallest absolute Gasteiger partial charge is 0.323 e. The Morgan fingerprint density at radius 2 is 2.03 bits per heavy atom. The molecule has 0 bridgehead atoms. The Labute approximate surface area is 173 Å². The van der Waals surface area contributed by atoms with Crippen molar-refractivity contribution in [3.63, 3.8) is 0 Å². The molecule has 29 heavy (non-hydrogen) atoms. The number of rotatable bonds is 9. The minimum Gasteiger partial charge on any atom is -0.465 e. The molecule has 1 aliphatic carbocycles. The topological polar surface area (TPSA) is 75.7 Å². The number of esters is 1. The summed E-state index contributed by atoms with van der Waals surface area (Å²) in [7, 11) is 0. The molecule has 6 nitrogen and oxygen atoms in total. The van der Waals surface area contributed by atoms with Gasteiger partial charge in [0.1, 0.15) is 12.3 Å². The van der Waals surface area contributed by atoms with Crippen molar-refractivity contribution in [2.75, 3.05) is 6.61 Å². The van der Waals surface area contributed by atoms with E-state index in [2.05, 4.69) is 5.32 Å². The first-order chi connectivity index (χ1) is 14.0. The van der Waals surface area contributed by atoms with Gasteiger partial charge in [-0.15, -0.1) is 0 Å². The number of amides is 1. The number of nitrogens with zero attached hydrogens (tertiary/aromatic N) is 1. The molecule has 0 radical (unpaired) electrons. The molecule has 1 aromatic rings.